The topological polar surface area (TPSA) is 37.4 Å². The molecule has 3 nitrogen and oxygen atoms in total. The zero-order chi connectivity index (χ0) is 13.7. The van der Waals surface area contributed by atoms with E-state index in [0.717, 1.165) is 11.1 Å². The summed E-state index contributed by atoms with van der Waals surface area (Å²) in [6.45, 7) is 0.780. The molecule has 0 N–H and O–H groups in total. The Hall–Kier alpha value is -0.920. The lowest BCUT2D eigenvalue weighted by molar-refractivity contribution is 0.414. The van der Waals surface area contributed by atoms with Crippen LogP contribution in [-0.2, 0) is 20.3 Å². The van der Waals surface area contributed by atoms with Crippen LogP contribution in [0.25, 0.3) is 0 Å². The van der Waals surface area contributed by atoms with Gasteiger partial charge >= 0.3 is 0 Å². The normalized spacial score (nSPS) is 11.7. The van der Waals surface area contributed by atoms with Gasteiger partial charge in [0.05, 0.1) is 21.2 Å². The molecule has 0 aliphatic carbocycles. The summed E-state index contributed by atoms with van der Waals surface area (Å²) in [6, 6.07) is 19.2. The van der Waals surface area contributed by atoms with E-state index in [0.29, 0.717) is 13.1 Å². The lowest BCUT2D eigenvalue weighted by atomic mass is 10.2. The second-order valence-electron chi connectivity index (χ2n) is 4.18. The molecule has 2 rings (SSSR count). The second-order valence-corrected chi connectivity index (χ2v) is 8.86. The van der Waals surface area contributed by atoms with Gasteiger partial charge in [0, 0.05) is 13.1 Å². The summed E-state index contributed by atoms with van der Waals surface area (Å²) in [5.41, 5.74) is 1.97. The van der Waals surface area contributed by atoms with Gasteiger partial charge in [-0.3, -0.25) is 0 Å². The van der Waals surface area contributed by atoms with Crippen LogP contribution in [0.15, 0.2) is 60.7 Å². The summed E-state index contributed by atoms with van der Waals surface area (Å²) in [5.74, 6) is 0. The summed E-state index contributed by atoms with van der Waals surface area (Å²) >= 11 is 1.49. The number of benzene rings is 2. The van der Waals surface area contributed by atoms with E-state index in [4.69, 9.17) is 0 Å². The summed E-state index contributed by atoms with van der Waals surface area (Å²) < 4.78 is 25.2. The van der Waals surface area contributed by atoms with Crippen LogP contribution in [0.3, 0.4) is 0 Å². The first kappa shape index (κ1) is 14.5. The third kappa shape index (κ3) is 4.59. The van der Waals surface area contributed by atoms with Crippen LogP contribution in [0.2, 0.25) is 0 Å². The molecule has 0 aliphatic heterocycles. The smallest absolute Gasteiger partial charge is 0.201 e. The van der Waals surface area contributed by atoms with Gasteiger partial charge in [0.25, 0.3) is 7.19 Å². The van der Waals surface area contributed by atoms with Crippen molar-refractivity contribution >= 4 is 28.4 Å². The van der Waals surface area contributed by atoms with Crippen LogP contribution in [0.5, 0.6) is 0 Å². The summed E-state index contributed by atoms with van der Waals surface area (Å²) in [6.07, 6.45) is 0. The van der Waals surface area contributed by atoms with Crippen LogP contribution in [0, 0.1) is 0 Å². The van der Waals surface area contributed by atoms with Gasteiger partial charge < -0.3 is 0 Å². The molecule has 0 saturated heterocycles. The Kier molecular flexibility index (Phi) is 4.95. The number of nitrogens with zero attached hydrogens (tertiary/aromatic N) is 1. The van der Waals surface area contributed by atoms with Crippen molar-refractivity contribution in [1.29, 1.82) is 0 Å². The minimum absolute atomic E-state index is 0.390. The molecular formula is C14H14INO2S. The highest BCUT2D eigenvalue weighted by Crippen LogP contribution is 2.18. The quantitative estimate of drug-likeness (QED) is 0.583. The molecule has 0 atom stereocenters. The number of hydrogen-bond acceptors (Lipinski definition) is 2. The van der Waals surface area contributed by atoms with Crippen LogP contribution in [0.1, 0.15) is 11.1 Å². The van der Waals surface area contributed by atoms with E-state index in [1.54, 1.807) is 0 Å². The molecule has 100 valence electrons. The first-order valence-electron chi connectivity index (χ1n) is 5.83. The van der Waals surface area contributed by atoms with Crippen molar-refractivity contribution in [2.45, 2.75) is 13.1 Å². The predicted molar refractivity (Wildman–Crippen MR) is 85.1 cm³/mol. The molecule has 0 amide bonds. The van der Waals surface area contributed by atoms with E-state index in [1.807, 2.05) is 60.7 Å². The van der Waals surface area contributed by atoms with Gasteiger partial charge in [-0.15, -0.1) is 0 Å². The van der Waals surface area contributed by atoms with Gasteiger partial charge in [-0.05, 0) is 11.1 Å². The molecule has 0 saturated carbocycles. The Labute approximate surface area is 125 Å². The van der Waals surface area contributed by atoms with Crippen molar-refractivity contribution in [1.82, 2.24) is 4.31 Å². The molecule has 0 radical (unpaired) electrons. The Morgan fingerprint density at radius 2 is 1.16 bits per heavy atom. The van der Waals surface area contributed by atoms with Crippen LogP contribution < -0.4 is 0 Å². The van der Waals surface area contributed by atoms with E-state index in [2.05, 4.69) is 0 Å². The van der Waals surface area contributed by atoms with Crippen molar-refractivity contribution in [2.75, 3.05) is 0 Å². The number of halogens is 1. The molecular weight excluding hydrogens is 373 g/mol. The summed E-state index contributed by atoms with van der Waals surface area (Å²) in [4.78, 5) is 0. The Morgan fingerprint density at radius 3 is 1.47 bits per heavy atom. The fourth-order valence-electron chi connectivity index (χ4n) is 1.78. The average molecular weight is 387 g/mol. The molecule has 0 heterocycles. The van der Waals surface area contributed by atoms with Gasteiger partial charge in [-0.1, -0.05) is 60.7 Å². The first-order chi connectivity index (χ1) is 9.05. The van der Waals surface area contributed by atoms with E-state index in [9.17, 15) is 8.42 Å². The van der Waals surface area contributed by atoms with E-state index in [1.165, 1.54) is 25.5 Å². The lowest BCUT2D eigenvalue weighted by Crippen LogP contribution is -2.25. The van der Waals surface area contributed by atoms with Crippen molar-refractivity contribution in [3.8, 4) is 0 Å². The van der Waals surface area contributed by atoms with Crippen molar-refractivity contribution in [3.63, 3.8) is 0 Å². The summed E-state index contributed by atoms with van der Waals surface area (Å²) in [5, 5.41) is 0. The van der Waals surface area contributed by atoms with Gasteiger partial charge in [0.1, 0.15) is 0 Å². The SMILES string of the molecule is O=S(=O)(I)N(Cc1ccccc1)Cc1ccccc1. The molecule has 5 heteroatoms. The highest BCUT2D eigenvalue weighted by Gasteiger charge is 2.18. The van der Waals surface area contributed by atoms with Crippen LogP contribution >= 0.6 is 21.2 Å². The predicted octanol–water partition coefficient (Wildman–Crippen LogP) is 3.37. The van der Waals surface area contributed by atoms with Gasteiger partial charge in [-0.2, -0.15) is 4.31 Å². The monoisotopic (exact) mass is 387 g/mol. The molecule has 0 aliphatic rings. The Bertz CT molecular complexity index is 573. The lowest BCUT2D eigenvalue weighted by Gasteiger charge is -2.19. The number of rotatable bonds is 5. The zero-order valence-corrected chi connectivity index (χ0v) is 13.2. The highest BCUT2D eigenvalue weighted by molar-refractivity contribution is 14.2. The molecule has 2 aromatic carbocycles. The molecule has 0 aromatic heterocycles. The second kappa shape index (κ2) is 6.49. The van der Waals surface area contributed by atoms with Crippen LogP contribution in [-0.4, -0.2) is 12.7 Å². The molecule has 2 aromatic rings. The maximum absolute atomic E-state index is 11.9. The van der Waals surface area contributed by atoms with Gasteiger partial charge in [0.15, 0.2) is 0 Å². The maximum Gasteiger partial charge on any atom is 0.268 e. The molecule has 19 heavy (non-hydrogen) atoms. The largest absolute Gasteiger partial charge is 0.268 e. The zero-order valence-electron chi connectivity index (χ0n) is 10.2. The maximum atomic E-state index is 11.9. The molecule has 0 unspecified atom stereocenters. The minimum Gasteiger partial charge on any atom is -0.201 e. The summed E-state index contributed by atoms with van der Waals surface area (Å²) in [7, 11) is -3.26. The van der Waals surface area contributed by atoms with Crippen LogP contribution in [0.4, 0.5) is 0 Å². The van der Waals surface area contributed by atoms with E-state index >= 15 is 0 Å². The Balaban J connectivity index is 2.18. The molecule has 0 fully saturated rings. The van der Waals surface area contributed by atoms with Gasteiger partial charge in [-0.25, -0.2) is 8.42 Å². The van der Waals surface area contributed by atoms with E-state index in [-0.39, 0.29) is 0 Å². The highest BCUT2D eigenvalue weighted by atomic mass is 127. The van der Waals surface area contributed by atoms with E-state index < -0.39 is 7.19 Å². The average Bonchev–Trinajstić information content (AvgIpc) is 2.39. The Morgan fingerprint density at radius 1 is 0.789 bits per heavy atom. The molecule has 0 spiro atoms. The van der Waals surface area contributed by atoms with Crippen molar-refractivity contribution in [2.24, 2.45) is 0 Å². The van der Waals surface area contributed by atoms with Gasteiger partial charge in [0.2, 0.25) is 0 Å². The van der Waals surface area contributed by atoms with Crippen molar-refractivity contribution in [3.05, 3.63) is 71.8 Å². The standard InChI is InChI=1S/C14H14INO2S/c15-19(17,18)16(11-13-7-3-1-4-8-13)12-14-9-5-2-6-10-14/h1-10H,11-12H2. The molecule has 0 bridgehead atoms. The van der Waals surface area contributed by atoms with Crippen molar-refractivity contribution < 1.29 is 8.42 Å². The third-order valence-electron chi connectivity index (χ3n) is 2.71. The number of hydrogen-bond donors (Lipinski definition) is 0. The minimum atomic E-state index is -3.26. The third-order valence-corrected chi connectivity index (χ3v) is 5.26. The first-order valence-corrected chi connectivity index (χ1v) is 9.81. The fraction of sp³-hybridized carbons (Fsp3) is 0.143. The fourth-order valence-corrected chi connectivity index (χ4v) is 3.23.